The summed E-state index contributed by atoms with van der Waals surface area (Å²) in [7, 11) is -0.671. The Balaban J connectivity index is 1.05. The van der Waals surface area contributed by atoms with Crippen molar-refractivity contribution in [1.82, 2.24) is 15.0 Å². The monoisotopic (exact) mass is 841 g/mol. The minimum atomic E-state index is -2.35. The zero-order chi connectivity index (χ0) is 39.6. The summed E-state index contributed by atoms with van der Waals surface area (Å²) in [5, 5.41) is 21.3. The Labute approximate surface area is 341 Å². The zero-order valence-electron chi connectivity index (χ0n) is 32.4. The molecule has 57 heavy (non-hydrogen) atoms. The molecule has 3 aliphatic heterocycles. The number of benzene rings is 5. The Morgan fingerprint density at radius 2 is 1.70 bits per heavy atom. The summed E-state index contributed by atoms with van der Waals surface area (Å²) < 4.78 is 15.5. The van der Waals surface area contributed by atoms with Gasteiger partial charge in [0.25, 0.3) is 11.8 Å². The lowest BCUT2D eigenvalue weighted by Gasteiger charge is -2.37. The number of hydrogen-bond donors (Lipinski definition) is 1. The SMILES string of the molecule is COc1ccc([Si](C)(C)[C@@H]2[C@@H](CCn3cc(CCO)nn3)O[C@]3(C(=O)N(Cc4ccc(N5C(=O)c6cccc7cccc5c67)cc4)c4ccc(Br)cc43)[C@H]2C)cc1. The fourth-order valence-electron chi connectivity index (χ4n) is 9.75. The van der Waals surface area contributed by atoms with Gasteiger partial charge in [-0.05, 0) is 77.5 Å². The van der Waals surface area contributed by atoms with Crippen molar-refractivity contribution in [2.45, 2.75) is 63.2 Å². The maximum Gasteiger partial charge on any atom is 0.264 e. The van der Waals surface area contributed by atoms with Crippen LogP contribution in [0.25, 0.3) is 10.8 Å². The summed E-state index contributed by atoms with van der Waals surface area (Å²) in [5.41, 5.74) is 4.61. The number of nitrogens with zero attached hydrogens (tertiary/aromatic N) is 5. The number of aryl methyl sites for hydroxylation is 1. The number of aromatic nitrogens is 3. The largest absolute Gasteiger partial charge is 0.497 e. The molecule has 0 radical (unpaired) electrons. The average molecular weight is 843 g/mol. The number of halogens is 1. The van der Waals surface area contributed by atoms with E-state index in [1.807, 2.05) is 101 Å². The second kappa shape index (κ2) is 14.4. The van der Waals surface area contributed by atoms with E-state index >= 15 is 4.79 Å². The highest BCUT2D eigenvalue weighted by molar-refractivity contribution is 9.10. The van der Waals surface area contributed by atoms with E-state index in [1.165, 1.54) is 5.19 Å². The molecule has 0 saturated carbocycles. The molecular weight excluding hydrogens is 799 g/mol. The van der Waals surface area contributed by atoms with E-state index in [-0.39, 0.29) is 36.0 Å². The number of ether oxygens (including phenoxy) is 2. The second-order valence-electron chi connectivity index (χ2n) is 15.9. The number of hydrogen-bond acceptors (Lipinski definition) is 7. The summed E-state index contributed by atoms with van der Waals surface area (Å²) in [6.45, 7) is 7.87. The molecule has 12 heteroatoms. The van der Waals surface area contributed by atoms with Gasteiger partial charge in [0.05, 0.1) is 50.5 Å². The van der Waals surface area contributed by atoms with Gasteiger partial charge in [0.1, 0.15) is 5.75 Å². The van der Waals surface area contributed by atoms with Crippen molar-refractivity contribution in [3.05, 3.63) is 136 Å². The molecule has 4 atom stereocenters. The van der Waals surface area contributed by atoms with Crippen molar-refractivity contribution >= 4 is 68.8 Å². The van der Waals surface area contributed by atoms with Crippen molar-refractivity contribution in [3.8, 4) is 5.75 Å². The van der Waals surface area contributed by atoms with Crippen LogP contribution in [-0.4, -0.2) is 59.8 Å². The lowest BCUT2D eigenvalue weighted by molar-refractivity contribution is -0.146. The van der Waals surface area contributed by atoms with E-state index in [4.69, 9.17) is 9.47 Å². The molecule has 2 amide bonds. The van der Waals surface area contributed by atoms with Crippen LogP contribution in [0.15, 0.2) is 114 Å². The van der Waals surface area contributed by atoms with Gasteiger partial charge in [0.15, 0.2) is 5.60 Å². The van der Waals surface area contributed by atoms with Gasteiger partial charge in [0.2, 0.25) is 0 Å². The normalized spacial score (nSPS) is 21.3. The van der Waals surface area contributed by atoms with E-state index in [2.05, 4.69) is 64.5 Å². The molecule has 10 nitrogen and oxygen atoms in total. The maximum absolute atomic E-state index is 15.3. The van der Waals surface area contributed by atoms with Crippen LogP contribution in [0, 0.1) is 5.92 Å². The minimum absolute atomic E-state index is 0.00960. The van der Waals surface area contributed by atoms with Crippen LogP contribution in [0.3, 0.4) is 0 Å². The van der Waals surface area contributed by atoms with Gasteiger partial charge >= 0.3 is 0 Å². The van der Waals surface area contributed by atoms with Crippen LogP contribution in [0.5, 0.6) is 5.75 Å². The van der Waals surface area contributed by atoms with Crippen molar-refractivity contribution in [1.29, 1.82) is 0 Å². The summed E-state index contributed by atoms with van der Waals surface area (Å²) in [5.74, 6) is 0.533. The van der Waals surface area contributed by atoms with Gasteiger partial charge < -0.3 is 19.5 Å². The molecule has 1 aromatic heterocycles. The van der Waals surface area contributed by atoms with Gasteiger partial charge in [-0.25, -0.2) is 0 Å². The topological polar surface area (TPSA) is 110 Å². The number of aliphatic hydroxyl groups is 1. The molecule has 1 saturated heterocycles. The number of anilines is 3. The number of methoxy groups -OCH3 is 1. The Kier molecular flexibility index (Phi) is 9.42. The molecule has 1 spiro atoms. The lowest BCUT2D eigenvalue weighted by atomic mass is 9.82. The third kappa shape index (κ3) is 6.03. The molecule has 6 aromatic rings. The Morgan fingerprint density at radius 1 is 0.947 bits per heavy atom. The highest BCUT2D eigenvalue weighted by atomic mass is 79.9. The molecule has 5 aromatic carbocycles. The standard InChI is InChI=1S/C45H44BrN5O5Si/c1-28-42(57(3,4)35-18-16-34(55-2)17-19-35)40(21-23-49-27-32(22-24-52)47-48-49)56-45(28)37-25-31(46)13-20-38(37)50(44(45)54)26-29-11-14-33(15-12-29)51-39-10-6-8-30-7-5-9-36(41(30)39)43(51)53/h5-20,25,27-28,40,42,52H,21-24,26H2,1-4H3/t28-,40+,42-,45+/m0/s1. The van der Waals surface area contributed by atoms with E-state index in [1.54, 1.807) is 12.0 Å². The number of carbonyl (C=O) groups excluding carboxylic acids is 2. The van der Waals surface area contributed by atoms with Crippen molar-refractivity contribution < 1.29 is 24.2 Å². The number of rotatable bonds is 11. The molecule has 1 fully saturated rings. The highest BCUT2D eigenvalue weighted by Gasteiger charge is 2.66. The molecule has 0 bridgehead atoms. The van der Waals surface area contributed by atoms with Crippen molar-refractivity contribution in [2.24, 2.45) is 5.92 Å². The van der Waals surface area contributed by atoms with Gasteiger partial charge in [-0.15, -0.1) is 5.10 Å². The molecule has 290 valence electrons. The fourth-order valence-corrected chi connectivity index (χ4v) is 14.2. The molecule has 1 N–H and O–H groups in total. The minimum Gasteiger partial charge on any atom is -0.497 e. The van der Waals surface area contributed by atoms with Crippen molar-refractivity contribution in [3.63, 3.8) is 0 Å². The first-order valence-electron chi connectivity index (χ1n) is 19.4. The first-order valence-corrected chi connectivity index (χ1v) is 23.3. The van der Waals surface area contributed by atoms with Crippen LogP contribution < -0.4 is 19.7 Å². The summed E-state index contributed by atoms with van der Waals surface area (Å²) in [4.78, 5) is 32.6. The maximum atomic E-state index is 15.3. The van der Waals surface area contributed by atoms with Gasteiger partial charge in [0, 0.05) is 52.8 Å². The van der Waals surface area contributed by atoms with Gasteiger partial charge in [-0.2, -0.15) is 0 Å². The van der Waals surface area contributed by atoms with Crippen molar-refractivity contribution in [2.75, 3.05) is 23.5 Å². The van der Waals surface area contributed by atoms with Crippen LogP contribution in [0.1, 0.15) is 40.5 Å². The average Bonchev–Trinajstić information content (AvgIpc) is 3.94. The molecule has 4 heterocycles. The van der Waals surface area contributed by atoms with Crippen LogP contribution in [-0.2, 0) is 34.6 Å². The molecule has 0 aliphatic carbocycles. The molecule has 3 aliphatic rings. The molecule has 0 unspecified atom stereocenters. The fraction of sp³-hybridized carbons (Fsp3) is 0.289. The number of carbonyl (C=O) groups is 2. The van der Waals surface area contributed by atoms with E-state index in [0.717, 1.165) is 54.9 Å². The third-order valence-corrected chi connectivity index (χ3v) is 17.3. The summed E-state index contributed by atoms with van der Waals surface area (Å²) in [6, 6.07) is 34.3. The Hall–Kier alpha value is -5.14. The molecular formula is C45H44BrN5O5Si. The van der Waals surface area contributed by atoms with Crippen LogP contribution >= 0.6 is 15.9 Å². The summed E-state index contributed by atoms with van der Waals surface area (Å²) >= 11 is 3.73. The Morgan fingerprint density at radius 3 is 2.44 bits per heavy atom. The molecule has 9 rings (SSSR count). The van der Waals surface area contributed by atoms with E-state index in [0.29, 0.717) is 31.5 Å². The highest BCUT2D eigenvalue weighted by Crippen LogP contribution is 2.60. The smallest absolute Gasteiger partial charge is 0.264 e. The van der Waals surface area contributed by atoms with Gasteiger partial charge in [-0.3, -0.25) is 19.2 Å². The first kappa shape index (κ1) is 37.4. The van der Waals surface area contributed by atoms with Gasteiger partial charge in [-0.1, -0.05) is 94.9 Å². The zero-order valence-corrected chi connectivity index (χ0v) is 34.9. The number of fused-ring (bicyclic) bond motifs is 2. The lowest BCUT2D eigenvalue weighted by Crippen LogP contribution is -2.51. The predicted octanol–water partition coefficient (Wildman–Crippen LogP) is 7.88. The van der Waals surface area contributed by atoms with Crippen LogP contribution in [0.4, 0.5) is 17.1 Å². The predicted molar refractivity (Wildman–Crippen MR) is 227 cm³/mol. The first-order chi connectivity index (χ1) is 27.5. The van der Waals surface area contributed by atoms with E-state index < -0.39 is 13.7 Å². The number of amides is 2. The van der Waals surface area contributed by atoms with Crippen LogP contribution in [0.2, 0.25) is 18.6 Å². The quantitative estimate of drug-likeness (QED) is 0.132. The second-order valence-corrected chi connectivity index (χ2v) is 21.5. The number of aliphatic hydroxyl groups excluding tert-OH is 1. The van der Waals surface area contributed by atoms with E-state index in [9.17, 15) is 9.90 Å². The summed E-state index contributed by atoms with van der Waals surface area (Å²) in [6.07, 6.45) is 2.71. The Bertz CT molecular complexity index is 2520. The third-order valence-electron chi connectivity index (χ3n) is 12.5.